The largest absolute Gasteiger partial charge is 0.526 e. The summed E-state index contributed by atoms with van der Waals surface area (Å²) in [6.45, 7) is 1.85. The molecular formula is C12H16N5O5P. The third-order valence-corrected chi connectivity index (χ3v) is 4.34. The lowest BCUT2D eigenvalue weighted by molar-refractivity contribution is 0.0815. The Bertz CT molecular complexity index is 819. The van der Waals surface area contributed by atoms with Gasteiger partial charge in [0.15, 0.2) is 23.5 Å². The van der Waals surface area contributed by atoms with E-state index in [9.17, 15) is 9.46 Å². The molecule has 11 heteroatoms. The first-order chi connectivity index (χ1) is 10.9. The van der Waals surface area contributed by atoms with Crippen molar-refractivity contribution in [3.8, 4) is 0 Å². The molecule has 3 rings (SSSR count). The molecule has 0 fully saturated rings. The zero-order valence-corrected chi connectivity index (χ0v) is 13.4. The summed E-state index contributed by atoms with van der Waals surface area (Å²) in [4.78, 5) is 21.7. The smallest absolute Gasteiger partial charge is 0.470 e. The first-order valence-corrected chi connectivity index (χ1v) is 8.34. The SMILES string of the molecule is CCC1=C(OP(=O)(O)OC)C[C@H](n2cnc3c(N)ncnc32)O1. The number of fused-ring (bicyclic) bond motifs is 1. The Balaban J connectivity index is 1.89. The normalized spacial score (nSPS) is 20.6. The van der Waals surface area contributed by atoms with Gasteiger partial charge in [0.1, 0.15) is 23.9 Å². The number of phosphoric ester groups is 1. The van der Waals surface area contributed by atoms with E-state index >= 15 is 0 Å². The van der Waals surface area contributed by atoms with Crippen molar-refractivity contribution in [1.82, 2.24) is 19.5 Å². The summed E-state index contributed by atoms with van der Waals surface area (Å²) in [7, 11) is -3.04. The molecule has 0 saturated carbocycles. The van der Waals surface area contributed by atoms with Gasteiger partial charge in [-0.2, -0.15) is 0 Å². The quantitative estimate of drug-likeness (QED) is 0.779. The standard InChI is InChI=1S/C12H16N5O5P/c1-3-7-8(22-23(18,19)20-2)4-9(21-7)17-6-16-10-11(13)14-5-15-12(10)17/h5-6,9H,3-4H2,1-2H3,(H,18,19)(H2,13,14,15)/t9-/m1/s1. The fourth-order valence-electron chi connectivity index (χ4n) is 2.33. The van der Waals surface area contributed by atoms with E-state index in [0.717, 1.165) is 7.11 Å². The van der Waals surface area contributed by atoms with Crippen molar-refractivity contribution in [3.05, 3.63) is 24.2 Å². The van der Waals surface area contributed by atoms with Gasteiger partial charge in [0.25, 0.3) is 0 Å². The predicted octanol–water partition coefficient (Wildman–Crippen LogP) is 1.71. The number of anilines is 1. The summed E-state index contributed by atoms with van der Waals surface area (Å²) in [6.07, 6.45) is 3.11. The van der Waals surface area contributed by atoms with Crippen molar-refractivity contribution < 1.29 is 23.2 Å². The van der Waals surface area contributed by atoms with Gasteiger partial charge in [0.2, 0.25) is 0 Å². The van der Waals surface area contributed by atoms with Crippen molar-refractivity contribution in [1.29, 1.82) is 0 Å². The predicted molar refractivity (Wildman–Crippen MR) is 79.7 cm³/mol. The number of hydrogen-bond donors (Lipinski definition) is 2. The summed E-state index contributed by atoms with van der Waals surface area (Å²) in [5.41, 5.74) is 6.74. The van der Waals surface area contributed by atoms with Crippen molar-refractivity contribution in [3.63, 3.8) is 0 Å². The molecule has 2 aromatic rings. The number of nitrogen functional groups attached to an aromatic ring is 1. The van der Waals surface area contributed by atoms with Crippen LogP contribution in [-0.4, -0.2) is 31.5 Å². The number of aromatic nitrogens is 4. The highest BCUT2D eigenvalue weighted by Gasteiger charge is 2.34. The molecule has 0 radical (unpaired) electrons. The Morgan fingerprint density at radius 3 is 3.00 bits per heavy atom. The number of nitrogens with two attached hydrogens (primary N) is 1. The van der Waals surface area contributed by atoms with E-state index in [1.807, 2.05) is 6.92 Å². The van der Waals surface area contributed by atoms with Crippen molar-refractivity contribution in [2.45, 2.75) is 26.0 Å². The molecule has 0 spiro atoms. The van der Waals surface area contributed by atoms with Gasteiger partial charge in [0.05, 0.1) is 6.42 Å². The molecule has 0 amide bonds. The summed E-state index contributed by atoms with van der Waals surface area (Å²) < 4.78 is 28.6. The Hall–Kier alpha value is -2.16. The average Bonchev–Trinajstić information content (AvgIpc) is 3.11. The third kappa shape index (κ3) is 2.88. The molecule has 1 unspecified atom stereocenters. The molecule has 3 heterocycles. The second-order valence-corrected chi connectivity index (χ2v) is 6.29. The van der Waals surface area contributed by atoms with Crippen LogP contribution in [0.3, 0.4) is 0 Å². The Morgan fingerprint density at radius 1 is 1.52 bits per heavy atom. The molecule has 2 atom stereocenters. The molecule has 1 aliphatic rings. The van der Waals surface area contributed by atoms with Crippen LogP contribution in [0.1, 0.15) is 26.0 Å². The summed E-state index contributed by atoms with van der Waals surface area (Å²) >= 11 is 0. The minimum atomic E-state index is -4.14. The molecule has 2 aromatic heterocycles. The van der Waals surface area contributed by atoms with Gasteiger partial charge in [-0.25, -0.2) is 19.5 Å². The highest BCUT2D eigenvalue weighted by atomic mass is 31.2. The van der Waals surface area contributed by atoms with Gasteiger partial charge in [-0.1, -0.05) is 6.92 Å². The first kappa shape index (κ1) is 15.7. The van der Waals surface area contributed by atoms with Crippen LogP contribution in [0.2, 0.25) is 0 Å². The minimum Gasteiger partial charge on any atom is -0.470 e. The number of allylic oxidation sites excluding steroid dienone is 1. The van der Waals surface area contributed by atoms with Gasteiger partial charge in [-0.3, -0.25) is 14.0 Å². The van der Waals surface area contributed by atoms with Gasteiger partial charge >= 0.3 is 7.82 Å². The van der Waals surface area contributed by atoms with Crippen molar-refractivity contribution in [2.24, 2.45) is 0 Å². The maximum atomic E-state index is 11.6. The van der Waals surface area contributed by atoms with Crippen LogP contribution < -0.4 is 5.73 Å². The number of imidazole rings is 1. The van der Waals surface area contributed by atoms with Crippen LogP contribution in [0, 0.1) is 0 Å². The van der Waals surface area contributed by atoms with Gasteiger partial charge in [-0.15, -0.1) is 0 Å². The summed E-state index contributed by atoms with van der Waals surface area (Å²) in [5.74, 6) is 1.02. The number of rotatable bonds is 5. The highest BCUT2D eigenvalue weighted by Crippen LogP contribution is 2.49. The number of hydrogen-bond acceptors (Lipinski definition) is 8. The van der Waals surface area contributed by atoms with Crippen molar-refractivity contribution >= 4 is 24.8 Å². The minimum absolute atomic E-state index is 0.243. The molecule has 0 saturated heterocycles. The van der Waals surface area contributed by atoms with E-state index in [-0.39, 0.29) is 18.0 Å². The van der Waals surface area contributed by atoms with E-state index in [2.05, 4.69) is 19.5 Å². The lowest BCUT2D eigenvalue weighted by atomic mass is 10.3. The molecule has 0 aliphatic carbocycles. The van der Waals surface area contributed by atoms with Gasteiger partial charge in [0, 0.05) is 13.5 Å². The van der Waals surface area contributed by atoms with E-state index in [1.54, 1.807) is 4.57 Å². The summed E-state index contributed by atoms with van der Waals surface area (Å²) in [5, 5.41) is 0. The highest BCUT2D eigenvalue weighted by molar-refractivity contribution is 7.47. The molecule has 3 N–H and O–H groups in total. The molecule has 124 valence electrons. The van der Waals surface area contributed by atoms with E-state index in [4.69, 9.17) is 15.0 Å². The van der Waals surface area contributed by atoms with E-state index in [1.165, 1.54) is 12.7 Å². The Kier molecular flexibility index (Phi) is 3.97. The molecule has 23 heavy (non-hydrogen) atoms. The van der Waals surface area contributed by atoms with Crippen LogP contribution in [-0.2, 0) is 18.3 Å². The number of ether oxygens (including phenoxy) is 1. The average molecular weight is 341 g/mol. The topological polar surface area (TPSA) is 135 Å². The lowest BCUT2D eigenvalue weighted by Gasteiger charge is -2.13. The van der Waals surface area contributed by atoms with E-state index in [0.29, 0.717) is 23.3 Å². The Labute approximate surface area is 131 Å². The van der Waals surface area contributed by atoms with Crippen LogP contribution >= 0.6 is 7.82 Å². The van der Waals surface area contributed by atoms with Crippen LogP contribution in [0.15, 0.2) is 24.2 Å². The fraction of sp³-hybridized carbons (Fsp3) is 0.417. The molecule has 10 nitrogen and oxygen atoms in total. The van der Waals surface area contributed by atoms with Gasteiger partial charge < -0.3 is 15.0 Å². The molecular weight excluding hydrogens is 325 g/mol. The van der Waals surface area contributed by atoms with Crippen LogP contribution in [0.4, 0.5) is 5.82 Å². The van der Waals surface area contributed by atoms with Crippen LogP contribution in [0.5, 0.6) is 0 Å². The first-order valence-electron chi connectivity index (χ1n) is 6.85. The molecule has 1 aliphatic heterocycles. The lowest BCUT2D eigenvalue weighted by Crippen LogP contribution is -2.08. The van der Waals surface area contributed by atoms with Gasteiger partial charge in [-0.05, 0) is 0 Å². The number of nitrogens with zero attached hydrogens (tertiary/aromatic N) is 4. The molecule has 0 aromatic carbocycles. The summed E-state index contributed by atoms with van der Waals surface area (Å²) in [6, 6.07) is 0. The Morgan fingerprint density at radius 2 is 2.30 bits per heavy atom. The maximum Gasteiger partial charge on any atom is 0.526 e. The second-order valence-electron chi connectivity index (χ2n) is 4.80. The number of phosphoric acid groups is 1. The van der Waals surface area contributed by atoms with Crippen LogP contribution in [0.25, 0.3) is 11.2 Å². The van der Waals surface area contributed by atoms with Crippen molar-refractivity contribution in [2.75, 3.05) is 12.8 Å². The zero-order valence-electron chi connectivity index (χ0n) is 12.5. The second kappa shape index (κ2) is 5.80. The fourth-order valence-corrected chi connectivity index (χ4v) is 2.85. The zero-order chi connectivity index (χ0) is 16.6. The van der Waals surface area contributed by atoms with E-state index < -0.39 is 14.1 Å². The molecule has 0 bridgehead atoms. The monoisotopic (exact) mass is 341 g/mol. The maximum absolute atomic E-state index is 11.6. The third-order valence-electron chi connectivity index (χ3n) is 3.42.